The zero-order valence-electron chi connectivity index (χ0n) is 15.0. The number of amides is 2. The Morgan fingerprint density at radius 1 is 1.23 bits per heavy atom. The van der Waals surface area contributed by atoms with Crippen LogP contribution in [-0.2, 0) is 16.0 Å². The third-order valence-electron chi connectivity index (χ3n) is 4.76. The molecule has 0 saturated carbocycles. The minimum Gasteiger partial charge on any atom is -0.344 e. The zero-order chi connectivity index (χ0) is 17.5. The van der Waals surface area contributed by atoms with Crippen molar-refractivity contribution >= 4 is 36.0 Å². The number of nitrogens with one attached hydrogen (secondary N) is 2. The van der Waals surface area contributed by atoms with Crippen LogP contribution in [0.3, 0.4) is 0 Å². The van der Waals surface area contributed by atoms with Crippen molar-refractivity contribution in [2.45, 2.75) is 37.8 Å². The van der Waals surface area contributed by atoms with Gasteiger partial charge in [-0.3, -0.25) is 9.59 Å². The van der Waals surface area contributed by atoms with Gasteiger partial charge in [0.1, 0.15) is 6.04 Å². The third kappa shape index (κ3) is 6.18. The van der Waals surface area contributed by atoms with Crippen molar-refractivity contribution in [2.75, 3.05) is 31.1 Å². The van der Waals surface area contributed by atoms with Crippen molar-refractivity contribution in [3.8, 4) is 0 Å². The fourth-order valence-corrected chi connectivity index (χ4v) is 4.38. The smallest absolute Gasteiger partial charge is 0.245 e. The van der Waals surface area contributed by atoms with E-state index in [0.29, 0.717) is 12.8 Å². The fourth-order valence-electron chi connectivity index (χ4n) is 3.44. The van der Waals surface area contributed by atoms with Crippen molar-refractivity contribution in [1.82, 2.24) is 15.5 Å². The molecule has 2 atom stereocenters. The van der Waals surface area contributed by atoms with Crippen LogP contribution in [0.4, 0.5) is 0 Å². The SMILES string of the molecule is Cl.O=C(CC1CSCCN1)NC(Cc1ccccc1)C(=O)N1CCCC1. The van der Waals surface area contributed by atoms with Crippen LogP contribution in [0.15, 0.2) is 30.3 Å². The first-order valence-electron chi connectivity index (χ1n) is 9.15. The Hall–Kier alpha value is -1.24. The molecule has 2 N–H and O–H groups in total. The first kappa shape index (κ1) is 21.1. The maximum absolute atomic E-state index is 12.9. The van der Waals surface area contributed by atoms with Gasteiger partial charge in [-0.05, 0) is 18.4 Å². The Morgan fingerprint density at radius 3 is 2.62 bits per heavy atom. The van der Waals surface area contributed by atoms with E-state index in [1.807, 2.05) is 47.0 Å². The zero-order valence-corrected chi connectivity index (χ0v) is 16.6. The van der Waals surface area contributed by atoms with Crippen molar-refractivity contribution in [3.63, 3.8) is 0 Å². The van der Waals surface area contributed by atoms with Gasteiger partial charge in [-0.25, -0.2) is 0 Å². The number of likely N-dealkylation sites (tertiary alicyclic amines) is 1. The summed E-state index contributed by atoms with van der Waals surface area (Å²) >= 11 is 1.88. The number of hydrogen-bond donors (Lipinski definition) is 2. The monoisotopic (exact) mass is 397 g/mol. The van der Waals surface area contributed by atoms with E-state index in [9.17, 15) is 9.59 Å². The maximum Gasteiger partial charge on any atom is 0.245 e. The van der Waals surface area contributed by atoms with E-state index in [-0.39, 0.29) is 30.3 Å². The number of thioether (sulfide) groups is 1. The van der Waals surface area contributed by atoms with Crippen LogP contribution in [0.2, 0.25) is 0 Å². The second-order valence-electron chi connectivity index (χ2n) is 6.77. The van der Waals surface area contributed by atoms with Crippen LogP contribution in [0, 0.1) is 0 Å². The van der Waals surface area contributed by atoms with Gasteiger partial charge in [-0.15, -0.1) is 12.4 Å². The molecule has 2 saturated heterocycles. The lowest BCUT2D eigenvalue weighted by Gasteiger charge is -2.26. The summed E-state index contributed by atoms with van der Waals surface area (Å²) in [6.07, 6.45) is 3.10. The predicted molar refractivity (Wildman–Crippen MR) is 109 cm³/mol. The summed E-state index contributed by atoms with van der Waals surface area (Å²) in [6.45, 7) is 2.56. The number of halogens is 1. The number of nitrogens with zero attached hydrogens (tertiary/aromatic N) is 1. The molecule has 7 heteroatoms. The van der Waals surface area contributed by atoms with E-state index in [0.717, 1.165) is 49.5 Å². The molecule has 26 heavy (non-hydrogen) atoms. The van der Waals surface area contributed by atoms with Crippen LogP contribution in [0.25, 0.3) is 0 Å². The molecule has 1 aromatic carbocycles. The van der Waals surface area contributed by atoms with E-state index in [4.69, 9.17) is 0 Å². The highest BCUT2D eigenvalue weighted by molar-refractivity contribution is 7.99. The first-order valence-corrected chi connectivity index (χ1v) is 10.3. The van der Waals surface area contributed by atoms with Gasteiger partial charge in [0.2, 0.25) is 11.8 Å². The van der Waals surface area contributed by atoms with E-state index in [1.165, 1.54) is 0 Å². The fraction of sp³-hybridized carbons (Fsp3) is 0.579. The van der Waals surface area contributed by atoms with Gasteiger partial charge in [0.05, 0.1) is 0 Å². The number of benzene rings is 1. The molecule has 2 aliphatic heterocycles. The molecule has 2 amide bonds. The summed E-state index contributed by atoms with van der Waals surface area (Å²) in [5.41, 5.74) is 1.08. The van der Waals surface area contributed by atoms with Gasteiger partial charge in [-0.2, -0.15) is 11.8 Å². The average molecular weight is 398 g/mol. The summed E-state index contributed by atoms with van der Waals surface area (Å²) in [4.78, 5) is 27.3. The maximum atomic E-state index is 12.9. The molecule has 1 aromatic rings. The molecular weight excluding hydrogens is 370 g/mol. The lowest BCUT2D eigenvalue weighted by Crippen LogP contribution is -2.50. The van der Waals surface area contributed by atoms with Gasteiger partial charge >= 0.3 is 0 Å². The van der Waals surface area contributed by atoms with Crippen LogP contribution in [0.5, 0.6) is 0 Å². The van der Waals surface area contributed by atoms with Crippen molar-refractivity contribution < 1.29 is 9.59 Å². The second kappa shape index (κ2) is 10.8. The second-order valence-corrected chi connectivity index (χ2v) is 7.92. The predicted octanol–water partition coefficient (Wildman–Crippen LogP) is 1.85. The summed E-state index contributed by atoms with van der Waals surface area (Å²) in [6, 6.07) is 9.66. The van der Waals surface area contributed by atoms with E-state index in [1.54, 1.807) is 0 Å². The molecule has 3 rings (SSSR count). The van der Waals surface area contributed by atoms with Gasteiger partial charge in [-0.1, -0.05) is 30.3 Å². The molecule has 0 spiro atoms. The highest BCUT2D eigenvalue weighted by Gasteiger charge is 2.28. The van der Waals surface area contributed by atoms with Crippen LogP contribution in [0.1, 0.15) is 24.8 Å². The lowest BCUT2D eigenvalue weighted by molar-refractivity contribution is -0.135. The highest BCUT2D eigenvalue weighted by atomic mass is 35.5. The van der Waals surface area contributed by atoms with Crippen LogP contribution in [-0.4, -0.2) is 59.9 Å². The highest BCUT2D eigenvalue weighted by Crippen LogP contribution is 2.14. The number of carbonyl (C=O) groups is 2. The molecule has 2 heterocycles. The van der Waals surface area contributed by atoms with E-state index < -0.39 is 6.04 Å². The van der Waals surface area contributed by atoms with Gasteiger partial charge in [0.15, 0.2) is 0 Å². The summed E-state index contributed by atoms with van der Waals surface area (Å²) < 4.78 is 0. The first-order chi connectivity index (χ1) is 12.2. The molecule has 2 fully saturated rings. The molecule has 2 aliphatic rings. The third-order valence-corrected chi connectivity index (χ3v) is 5.89. The molecule has 144 valence electrons. The Bertz CT molecular complexity index is 575. The summed E-state index contributed by atoms with van der Waals surface area (Å²) in [7, 11) is 0. The normalized spacial score (nSPS) is 20.9. The number of carbonyl (C=O) groups excluding carboxylic acids is 2. The van der Waals surface area contributed by atoms with E-state index in [2.05, 4.69) is 10.6 Å². The molecule has 5 nitrogen and oxygen atoms in total. The Balaban J connectivity index is 0.00000243. The largest absolute Gasteiger partial charge is 0.344 e. The summed E-state index contributed by atoms with van der Waals surface area (Å²) in [5, 5.41) is 6.39. The minimum atomic E-state index is -0.468. The van der Waals surface area contributed by atoms with Crippen molar-refractivity contribution in [2.24, 2.45) is 0 Å². The molecule has 2 unspecified atom stereocenters. The van der Waals surface area contributed by atoms with Gasteiger partial charge in [0, 0.05) is 50.0 Å². The quantitative estimate of drug-likeness (QED) is 0.769. The van der Waals surface area contributed by atoms with Gasteiger partial charge < -0.3 is 15.5 Å². The Kier molecular flexibility index (Phi) is 8.75. The molecule has 0 radical (unpaired) electrons. The molecule has 0 aromatic heterocycles. The standard InChI is InChI=1S/C19H27N3O2S.ClH/c23-18(13-16-14-25-11-8-20-16)21-17(12-15-6-2-1-3-7-15)19(24)22-9-4-5-10-22;/h1-3,6-7,16-17,20H,4-5,8-14H2,(H,21,23);1H. The molecule has 0 aliphatic carbocycles. The topological polar surface area (TPSA) is 61.4 Å². The van der Waals surface area contributed by atoms with E-state index >= 15 is 0 Å². The molecule has 0 bridgehead atoms. The average Bonchev–Trinajstić information content (AvgIpc) is 3.17. The summed E-state index contributed by atoms with van der Waals surface area (Å²) in [5.74, 6) is 2.08. The van der Waals surface area contributed by atoms with Crippen LogP contribution >= 0.6 is 24.2 Å². The van der Waals surface area contributed by atoms with Gasteiger partial charge in [0.25, 0.3) is 0 Å². The van der Waals surface area contributed by atoms with Crippen molar-refractivity contribution in [3.05, 3.63) is 35.9 Å². The Labute approximate surface area is 166 Å². The van der Waals surface area contributed by atoms with Crippen LogP contribution < -0.4 is 10.6 Å². The molecular formula is C19H28ClN3O2S. The number of rotatable bonds is 6. The lowest BCUT2D eigenvalue weighted by atomic mass is 10.0. The van der Waals surface area contributed by atoms with Crippen molar-refractivity contribution in [1.29, 1.82) is 0 Å². The Morgan fingerprint density at radius 2 is 1.96 bits per heavy atom. The number of hydrogen-bond acceptors (Lipinski definition) is 4. The minimum absolute atomic E-state index is 0.